The second-order valence-electron chi connectivity index (χ2n) is 9.69. The minimum absolute atomic E-state index is 0.111. The van der Waals surface area contributed by atoms with Crippen LogP contribution in [-0.4, -0.2) is 70.2 Å². The van der Waals surface area contributed by atoms with E-state index >= 15 is 0 Å². The molecule has 31 heavy (non-hydrogen) atoms. The maximum atomic E-state index is 11.8. The Morgan fingerprint density at radius 2 is 0.871 bits per heavy atom. The summed E-state index contributed by atoms with van der Waals surface area (Å²) in [5.41, 5.74) is -0.693. The molecule has 0 saturated heterocycles. The molecule has 0 spiro atoms. The van der Waals surface area contributed by atoms with E-state index < -0.39 is 0 Å². The maximum absolute atomic E-state index is 11.8. The van der Waals surface area contributed by atoms with Gasteiger partial charge < -0.3 is 18.9 Å². The van der Waals surface area contributed by atoms with Crippen molar-refractivity contribution >= 4 is 17.3 Å². The van der Waals surface area contributed by atoms with Crippen molar-refractivity contribution in [3.63, 3.8) is 0 Å². The van der Waals surface area contributed by atoms with Crippen LogP contribution in [-0.2, 0) is 33.3 Å². The molecule has 0 aromatic rings. The zero-order valence-corrected chi connectivity index (χ0v) is 20.6. The Hall–Kier alpha value is -1.15. The Balaban J connectivity index is 3.34. The quantitative estimate of drug-likeness (QED) is 0.280. The molecule has 0 aliphatic carbocycles. The van der Waals surface area contributed by atoms with Crippen molar-refractivity contribution in [1.82, 2.24) is 0 Å². The van der Waals surface area contributed by atoms with E-state index in [0.717, 1.165) is 0 Å². The summed E-state index contributed by atoms with van der Waals surface area (Å²) in [6, 6.07) is 0. The second kappa shape index (κ2) is 16.5. The fourth-order valence-corrected chi connectivity index (χ4v) is 2.43. The molecular formula is C24H44O7. The molecular weight excluding hydrogens is 400 g/mol. The Kier molecular flexibility index (Phi) is 15.9. The van der Waals surface area contributed by atoms with E-state index in [9.17, 15) is 14.4 Å². The van der Waals surface area contributed by atoms with Crippen LogP contribution in [0.15, 0.2) is 0 Å². The molecule has 0 aliphatic heterocycles. The molecule has 0 rings (SSSR count). The van der Waals surface area contributed by atoms with E-state index in [1.807, 2.05) is 41.5 Å². The van der Waals surface area contributed by atoms with Crippen LogP contribution in [0.4, 0.5) is 0 Å². The van der Waals surface area contributed by atoms with Crippen molar-refractivity contribution in [1.29, 1.82) is 0 Å². The highest BCUT2D eigenvalue weighted by Gasteiger charge is 2.21. The third kappa shape index (κ3) is 18.2. The van der Waals surface area contributed by atoms with Crippen LogP contribution in [0.2, 0.25) is 0 Å². The first-order valence-electron chi connectivity index (χ1n) is 11.3. The van der Waals surface area contributed by atoms with Crippen molar-refractivity contribution in [2.45, 2.75) is 73.6 Å². The van der Waals surface area contributed by atoms with Gasteiger partial charge in [-0.15, -0.1) is 0 Å². The lowest BCUT2D eigenvalue weighted by molar-refractivity contribution is -0.129. The number of ether oxygens (including phenoxy) is 4. The van der Waals surface area contributed by atoms with E-state index in [1.54, 1.807) is 0 Å². The monoisotopic (exact) mass is 444 g/mol. The first-order valence-corrected chi connectivity index (χ1v) is 11.3. The highest BCUT2D eigenvalue weighted by atomic mass is 16.6. The van der Waals surface area contributed by atoms with Gasteiger partial charge in [0.15, 0.2) is 0 Å². The summed E-state index contributed by atoms with van der Waals surface area (Å²) < 4.78 is 21.7. The maximum Gasteiger partial charge on any atom is 0.140 e. The molecule has 0 unspecified atom stereocenters. The van der Waals surface area contributed by atoms with Crippen molar-refractivity contribution in [2.24, 2.45) is 10.8 Å². The van der Waals surface area contributed by atoms with Gasteiger partial charge in [-0.25, -0.2) is 0 Å². The Labute approximate surface area is 188 Å². The average molecular weight is 445 g/mol. The lowest BCUT2D eigenvalue weighted by atomic mass is 9.87. The van der Waals surface area contributed by atoms with Gasteiger partial charge >= 0.3 is 0 Å². The summed E-state index contributed by atoms with van der Waals surface area (Å²) in [6.07, 6.45) is 2.17. The second-order valence-corrected chi connectivity index (χ2v) is 9.69. The van der Waals surface area contributed by atoms with Crippen molar-refractivity contribution in [3.8, 4) is 0 Å². The minimum Gasteiger partial charge on any atom is -0.379 e. The lowest BCUT2D eigenvalue weighted by Gasteiger charge is -2.16. The zero-order valence-electron chi connectivity index (χ0n) is 20.6. The van der Waals surface area contributed by atoms with E-state index in [0.29, 0.717) is 85.0 Å². The molecule has 0 N–H and O–H groups in total. The minimum atomic E-state index is -0.379. The number of hydrogen-bond donors (Lipinski definition) is 0. The molecule has 0 aliphatic rings. The predicted octanol–water partition coefficient (Wildman–Crippen LogP) is 3.80. The van der Waals surface area contributed by atoms with E-state index in [1.165, 1.54) is 0 Å². The first kappa shape index (κ1) is 29.9. The van der Waals surface area contributed by atoms with Gasteiger partial charge in [0.2, 0.25) is 0 Å². The molecule has 0 aromatic heterocycles. The molecule has 0 radical (unpaired) electrons. The van der Waals surface area contributed by atoms with Gasteiger partial charge in [0.1, 0.15) is 17.3 Å². The smallest absolute Gasteiger partial charge is 0.140 e. The highest BCUT2D eigenvalue weighted by molar-refractivity contribution is 5.88. The van der Waals surface area contributed by atoms with Crippen molar-refractivity contribution in [3.05, 3.63) is 0 Å². The molecule has 7 nitrogen and oxygen atoms in total. The third-order valence-electron chi connectivity index (χ3n) is 4.64. The molecule has 0 amide bonds. The van der Waals surface area contributed by atoms with Crippen LogP contribution in [0, 0.1) is 10.8 Å². The van der Waals surface area contributed by atoms with Crippen LogP contribution in [0.25, 0.3) is 0 Å². The number of carbonyl (C=O) groups excluding carboxylic acids is 3. The standard InChI is InChI=1S/C24H44O7/c1-23(2,3)21(26)10-9-20(25)8-7-12-28-14-16-30-18-19-31-17-15-29-13-11-22(27)24(4,5)6/h7-19H2,1-6H3. The number of Topliss-reactive ketones (excluding diaryl/α,β-unsaturated/α-hetero) is 3. The summed E-state index contributed by atoms with van der Waals surface area (Å²) >= 11 is 0. The molecule has 0 aromatic carbocycles. The zero-order chi connectivity index (χ0) is 23.8. The predicted molar refractivity (Wildman–Crippen MR) is 120 cm³/mol. The molecule has 7 heteroatoms. The van der Waals surface area contributed by atoms with Crippen molar-refractivity contribution in [2.75, 3.05) is 52.9 Å². The number of carbonyl (C=O) groups is 3. The molecule has 0 atom stereocenters. The molecule has 0 heterocycles. The number of rotatable bonds is 19. The highest BCUT2D eigenvalue weighted by Crippen LogP contribution is 2.18. The van der Waals surface area contributed by atoms with Gasteiger partial charge in [-0.1, -0.05) is 41.5 Å². The summed E-state index contributed by atoms with van der Waals surface area (Å²) in [5, 5.41) is 0. The Morgan fingerprint density at radius 1 is 0.484 bits per heavy atom. The number of hydrogen-bond acceptors (Lipinski definition) is 7. The van der Waals surface area contributed by atoms with Gasteiger partial charge in [-0.3, -0.25) is 14.4 Å². The summed E-state index contributed by atoms with van der Waals surface area (Å²) in [6.45, 7) is 15.1. The summed E-state index contributed by atoms with van der Waals surface area (Å²) in [4.78, 5) is 35.3. The van der Waals surface area contributed by atoms with Crippen LogP contribution < -0.4 is 0 Å². The SMILES string of the molecule is CC(C)(C)C(=O)CCOCCOCCOCCOCCCC(=O)CCC(=O)C(C)(C)C. The lowest BCUT2D eigenvalue weighted by Crippen LogP contribution is -2.22. The molecule has 0 saturated carbocycles. The largest absolute Gasteiger partial charge is 0.379 e. The van der Waals surface area contributed by atoms with E-state index in [-0.39, 0.29) is 28.2 Å². The van der Waals surface area contributed by atoms with Gasteiger partial charge in [-0.05, 0) is 6.42 Å². The van der Waals surface area contributed by atoms with Gasteiger partial charge in [0, 0.05) is 43.1 Å². The van der Waals surface area contributed by atoms with Crippen molar-refractivity contribution < 1.29 is 33.3 Å². The first-order chi connectivity index (χ1) is 14.4. The van der Waals surface area contributed by atoms with Gasteiger partial charge in [-0.2, -0.15) is 0 Å². The van der Waals surface area contributed by atoms with Crippen LogP contribution >= 0.6 is 0 Å². The molecule has 0 fully saturated rings. The van der Waals surface area contributed by atoms with E-state index in [2.05, 4.69) is 0 Å². The molecule has 182 valence electrons. The van der Waals surface area contributed by atoms with Crippen LogP contribution in [0.5, 0.6) is 0 Å². The molecule has 0 bridgehead atoms. The van der Waals surface area contributed by atoms with Gasteiger partial charge in [0.25, 0.3) is 0 Å². The summed E-state index contributed by atoms with van der Waals surface area (Å²) in [7, 11) is 0. The van der Waals surface area contributed by atoms with Crippen LogP contribution in [0.1, 0.15) is 73.6 Å². The number of ketones is 3. The third-order valence-corrected chi connectivity index (χ3v) is 4.64. The Bertz CT molecular complexity index is 515. The Morgan fingerprint density at radius 3 is 1.32 bits per heavy atom. The fraction of sp³-hybridized carbons (Fsp3) is 0.875. The average Bonchev–Trinajstić information content (AvgIpc) is 2.67. The topological polar surface area (TPSA) is 88.1 Å². The summed E-state index contributed by atoms with van der Waals surface area (Å²) in [5.74, 6) is 0.431. The van der Waals surface area contributed by atoms with E-state index in [4.69, 9.17) is 18.9 Å². The van der Waals surface area contributed by atoms with Crippen LogP contribution in [0.3, 0.4) is 0 Å². The van der Waals surface area contributed by atoms with Gasteiger partial charge in [0.05, 0.1) is 46.2 Å². The fourth-order valence-electron chi connectivity index (χ4n) is 2.43. The normalized spacial score (nSPS) is 12.2.